The Morgan fingerprint density at radius 3 is 2.36 bits per heavy atom. The van der Waals surface area contributed by atoms with Crippen molar-refractivity contribution in [3.63, 3.8) is 0 Å². The summed E-state index contributed by atoms with van der Waals surface area (Å²) in [5.41, 5.74) is 3.04. The first-order chi connectivity index (χ1) is 15.9. The number of rotatable bonds is 11. The second kappa shape index (κ2) is 12.6. The van der Waals surface area contributed by atoms with Crippen molar-refractivity contribution >= 4 is 0 Å². The zero-order valence-electron chi connectivity index (χ0n) is 20.1. The number of hydrogen-bond donors (Lipinski definition) is 2. The third-order valence-corrected chi connectivity index (χ3v) is 6.97. The highest BCUT2D eigenvalue weighted by atomic mass is 19.1. The number of benzene rings is 2. The minimum Gasteiger partial charge on any atom is -0.390 e. The number of piperidine rings is 1. The summed E-state index contributed by atoms with van der Waals surface area (Å²) in [6.45, 7) is 6.96. The van der Waals surface area contributed by atoms with Crippen molar-refractivity contribution in [3.05, 3.63) is 70.8 Å². The van der Waals surface area contributed by atoms with Crippen LogP contribution in [0, 0.1) is 17.6 Å². The van der Waals surface area contributed by atoms with Gasteiger partial charge < -0.3 is 15.2 Å². The van der Waals surface area contributed by atoms with Crippen molar-refractivity contribution in [2.24, 2.45) is 5.92 Å². The summed E-state index contributed by atoms with van der Waals surface area (Å²) in [6.07, 6.45) is 2.88. The average molecular weight is 461 g/mol. The highest BCUT2D eigenvalue weighted by molar-refractivity contribution is 5.23. The molecule has 3 atom stereocenters. The number of aryl methyl sites for hydroxylation is 1. The van der Waals surface area contributed by atoms with Crippen LogP contribution in [0.15, 0.2) is 42.5 Å². The summed E-state index contributed by atoms with van der Waals surface area (Å²) < 4.78 is 33.1. The van der Waals surface area contributed by atoms with Crippen molar-refractivity contribution < 1.29 is 18.6 Å². The van der Waals surface area contributed by atoms with E-state index in [9.17, 15) is 13.9 Å². The maximum atomic E-state index is 13.8. The van der Waals surface area contributed by atoms with Crippen molar-refractivity contribution in [1.29, 1.82) is 0 Å². The lowest BCUT2D eigenvalue weighted by atomic mass is 9.89. The van der Waals surface area contributed by atoms with E-state index in [1.165, 1.54) is 23.3 Å². The van der Waals surface area contributed by atoms with Gasteiger partial charge in [0.1, 0.15) is 11.6 Å². The highest BCUT2D eigenvalue weighted by Gasteiger charge is 2.31. The number of aliphatic hydroxyl groups is 1. The third kappa shape index (κ3) is 7.57. The molecule has 2 N–H and O–H groups in total. The molecule has 1 heterocycles. The highest BCUT2D eigenvalue weighted by Crippen LogP contribution is 2.26. The molecule has 0 radical (unpaired) electrons. The lowest BCUT2D eigenvalue weighted by Gasteiger charge is -2.41. The number of methoxy groups -OCH3 is 1. The Morgan fingerprint density at radius 1 is 1.06 bits per heavy atom. The molecule has 1 saturated heterocycles. The van der Waals surface area contributed by atoms with Crippen LogP contribution in [0.4, 0.5) is 8.78 Å². The Morgan fingerprint density at radius 2 is 1.73 bits per heavy atom. The number of halogens is 2. The average Bonchev–Trinajstić information content (AvgIpc) is 2.81. The lowest BCUT2D eigenvalue weighted by Crippen LogP contribution is -2.52. The quantitative estimate of drug-likeness (QED) is 0.524. The van der Waals surface area contributed by atoms with E-state index in [2.05, 4.69) is 48.3 Å². The van der Waals surface area contributed by atoms with Gasteiger partial charge in [-0.3, -0.25) is 4.90 Å². The predicted molar refractivity (Wildman–Crippen MR) is 128 cm³/mol. The van der Waals surface area contributed by atoms with E-state index >= 15 is 0 Å². The van der Waals surface area contributed by atoms with Crippen LogP contribution in [-0.2, 0) is 24.1 Å². The van der Waals surface area contributed by atoms with Gasteiger partial charge in [-0.15, -0.1) is 0 Å². The Kier molecular flexibility index (Phi) is 9.80. The number of likely N-dealkylation sites (tertiary alicyclic amines) is 1. The Labute approximate surface area is 197 Å². The molecule has 0 amide bonds. The molecule has 6 heteroatoms. The Bertz CT molecular complexity index is 851. The third-order valence-electron chi connectivity index (χ3n) is 6.97. The Hall–Kier alpha value is -1.86. The minimum atomic E-state index is -0.665. The molecular formula is C27H38F2N2O2. The zero-order valence-corrected chi connectivity index (χ0v) is 20.1. The molecule has 2 aromatic carbocycles. The second-order valence-electron chi connectivity index (χ2n) is 9.24. The van der Waals surface area contributed by atoms with E-state index in [4.69, 9.17) is 4.74 Å². The fourth-order valence-electron chi connectivity index (χ4n) is 4.85. The van der Waals surface area contributed by atoms with Gasteiger partial charge in [0.15, 0.2) is 0 Å². The van der Waals surface area contributed by atoms with Crippen LogP contribution in [0.2, 0.25) is 0 Å². The van der Waals surface area contributed by atoms with Crippen LogP contribution in [0.5, 0.6) is 0 Å². The minimum absolute atomic E-state index is 0.202. The normalized spacial score (nSPS) is 18.2. The molecular weight excluding hydrogens is 422 g/mol. The van der Waals surface area contributed by atoms with Crippen LogP contribution in [0.1, 0.15) is 43.4 Å². The van der Waals surface area contributed by atoms with Crippen LogP contribution in [-0.4, -0.2) is 55.0 Å². The van der Waals surface area contributed by atoms with E-state index in [0.717, 1.165) is 38.4 Å². The molecule has 2 aromatic rings. The molecule has 1 aliphatic rings. The number of nitrogens with one attached hydrogen (secondary N) is 1. The summed E-state index contributed by atoms with van der Waals surface area (Å²) in [4.78, 5) is 2.27. The molecule has 1 unspecified atom stereocenters. The molecule has 0 aromatic heterocycles. The van der Waals surface area contributed by atoms with Crippen molar-refractivity contribution in [1.82, 2.24) is 10.2 Å². The monoisotopic (exact) mass is 460 g/mol. The van der Waals surface area contributed by atoms with Crippen molar-refractivity contribution in [3.8, 4) is 0 Å². The lowest BCUT2D eigenvalue weighted by molar-refractivity contribution is -0.00303. The van der Waals surface area contributed by atoms with Gasteiger partial charge in [0.05, 0.1) is 12.2 Å². The number of ether oxygens (including phenoxy) is 1. The summed E-state index contributed by atoms with van der Waals surface area (Å²) in [6, 6.07) is 11.8. The zero-order chi connectivity index (χ0) is 23.8. The smallest absolute Gasteiger partial charge is 0.126 e. The Balaban J connectivity index is 1.66. The molecule has 182 valence electrons. The van der Waals surface area contributed by atoms with Crippen LogP contribution in [0.3, 0.4) is 0 Å². The topological polar surface area (TPSA) is 44.7 Å². The van der Waals surface area contributed by atoms with Gasteiger partial charge in [-0.05, 0) is 80.4 Å². The molecule has 33 heavy (non-hydrogen) atoms. The summed E-state index contributed by atoms with van der Waals surface area (Å²) in [5.74, 6) is -0.681. The number of aliphatic hydroxyl groups excluding tert-OH is 1. The van der Waals surface area contributed by atoms with Crippen molar-refractivity contribution in [2.75, 3.05) is 26.7 Å². The van der Waals surface area contributed by atoms with Gasteiger partial charge in [0.25, 0.3) is 0 Å². The van der Waals surface area contributed by atoms with E-state index in [1.807, 2.05) is 0 Å². The molecule has 3 rings (SSSR count). The van der Waals surface area contributed by atoms with E-state index in [0.29, 0.717) is 31.0 Å². The van der Waals surface area contributed by atoms with E-state index in [1.54, 1.807) is 7.11 Å². The van der Waals surface area contributed by atoms with E-state index in [-0.39, 0.29) is 12.1 Å². The van der Waals surface area contributed by atoms with Gasteiger partial charge in [0.2, 0.25) is 0 Å². The summed E-state index contributed by atoms with van der Waals surface area (Å²) in [7, 11) is 1.74. The molecule has 0 aliphatic carbocycles. The summed E-state index contributed by atoms with van der Waals surface area (Å²) >= 11 is 0. The van der Waals surface area contributed by atoms with Gasteiger partial charge in [-0.25, -0.2) is 8.78 Å². The first-order valence-electron chi connectivity index (χ1n) is 12.1. The predicted octanol–water partition coefficient (Wildman–Crippen LogP) is 4.34. The molecule has 0 bridgehead atoms. The van der Waals surface area contributed by atoms with Gasteiger partial charge in [0, 0.05) is 32.3 Å². The molecule has 1 aliphatic heterocycles. The molecule has 4 nitrogen and oxygen atoms in total. The maximum Gasteiger partial charge on any atom is 0.126 e. The number of nitrogens with zero attached hydrogens (tertiary/aromatic N) is 1. The number of hydrogen-bond acceptors (Lipinski definition) is 4. The van der Waals surface area contributed by atoms with Gasteiger partial charge >= 0.3 is 0 Å². The SMILES string of the molecule is CCc1cccc(CNC[C@H](O)[C@H](Cc2cc(F)cc(F)c2)N2CCC(C(C)OC)CC2)c1. The van der Waals surface area contributed by atoms with Crippen molar-refractivity contribution in [2.45, 2.75) is 64.3 Å². The molecule has 0 spiro atoms. The van der Waals surface area contributed by atoms with Crippen LogP contribution < -0.4 is 5.32 Å². The fourth-order valence-corrected chi connectivity index (χ4v) is 4.85. The standard InChI is InChI=1S/C27H38F2N2O2/c1-4-20-6-5-7-21(12-20)17-30-18-27(32)26(15-22-13-24(28)16-25(29)14-22)31-10-8-23(9-11-31)19(2)33-3/h5-7,12-14,16,19,23,26-27,30,32H,4,8-11,15,17-18H2,1-3H3/t19?,26-,27-/m0/s1. The fraction of sp³-hybridized carbons (Fsp3) is 0.556. The largest absolute Gasteiger partial charge is 0.390 e. The first-order valence-corrected chi connectivity index (χ1v) is 12.1. The van der Waals surface area contributed by atoms with Gasteiger partial charge in [-0.2, -0.15) is 0 Å². The molecule has 0 saturated carbocycles. The van der Waals surface area contributed by atoms with E-state index < -0.39 is 17.7 Å². The van der Waals surface area contributed by atoms with Gasteiger partial charge in [-0.1, -0.05) is 31.2 Å². The molecule has 1 fully saturated rings. The summed E-state index contributed by atoms with van der Waals surface area (Å²) in [5, 5.41) is 14.5. The first kappa shape index (κ1) is 25.8. The van der Waals surface area contributed by atoms with Crippen LogP contribution in [0.25, 0.3) is 0 Å². The maximum absolute atomic E-state index is 13.8. The van der Waals surface area contributed by atoms with Crippen LogP contribution >= 0.6 is 0 Å². The second-order valence-corrected chi connectivity index (χ2v) is 9.24.